The van der Waals surface area contributed by atoms with E-state index in [1.54, 1.807) is 24.3 Å². The van der Waals surface area contributed by atoms with Gasteiger partial charge in [-0.2, -0.15) is 0 Å². The summed E-state index contributed by atoms with van der Waals surface area (Å²) < 4.78 is 25.7. The maximum absolute atomic E-state index is 12.4. The number of benzene rings is 2. The summed E-state index contributed by atoms with van der Waals surface area (Å²) >= 11 is 4.70. The fourth-order valence-corrected chi connectivity index (χ4v) is 5.36. The highest BCUT2D eigenvalue weighted by Gasteiger charge is 2.21. The number of halogens is 1. The van der Waals surface area contributed by atoms with Gasteiger partial charge in [-0.05, 0) is 23.6 Å². The number of sulfone groups is 1. The fraction of sp³-hybridized carbons (Fsp3) is 0.238. The minimum atomic E-state index is -3.59. The van der Waals surface area contributed by atoms with E-state index in [-0.39, 0.29) is 11.7 Å². The van der Waals surface area contributed by atoms with Crippen molar-refractivity contribution in [2.75, 3.05) is 11.1 Å². The lowest BCUT2D eigenvalue weighted by molar-refractivity contribution is -0.113. The van der Waals surface area contributed by atoms with Crippen LogP contribution in [0.25, 0.3) is 11.3 Å². The van der Waals surface area contributed by atoms with Crippen LogP contribution in [0.2, 0.25) is 0 Å². The quantitative estimate of drug-likeness (QED) is 0.488. The summed E-state index contributed by atoms with van der Waals surface area (Å²) in [6.45, 7) is 4.13. The van der Waals surface area contributed by atoms with Crippen LogP contribution in [0.1, 0.15) is 30.2 Å². The van der Waals surface area contributed by atoms with E-state index in [0.29, 0.717) is 10.7 Å². The second-order valence-electron chi connectivity index (χ2n) is 6.96. The first kappa shape index (κ1) is 21.7. The standard InChI is InChI=1S/C21H21BrN2O3S2/c1-14(2)20-19(16-6-4-3-5-7-16)24-21(28-20)23-18(25)13-29(26,27)12-15-8-10-17(22)11-9-15/h3-11,14H,12-13H2,1-2H3,(H,23,24,25). The van der Waals surface area contributed by atoms with Gasteiger partial charge < -0.3 is 5.32 Å². The molecule has 3 aromatic rings. The normalized spacial score (nSPS) is 11.6. The molecule has 1 amide bonds. The van der Waals surface area contributed by atoms with E-state index in [1.807, 2.05) is 30.3 Å². The number of thiazole rings is 1. The number of nitrogens with zero attached hydrogens (tertiary/aromatic N) is 1. The lowest BCUT2D eigenvalue weighted by Crippen LogP contribution is -2.23. The van der Waals surface area contributed by atoms with Crippen molar-refractivity contribution in [2.45, 2.75) is 25.5 Å². The highest BCUT2D eigenvalue weighted by Crippen LogP contribution is 2.36. The molecule has 0 aliphatic carbocycles. The zero-order valence-electron chi connectivity index (χ0n) is 16.1. The first-order chi connectivity index (χ1) is 13.7. The smallest absolute Gasteiger partial charge is 0.241 e. The van der Waals surface area contributed by atoms with E-state index >= 15 is 0 Å². The zero-order valence-corrected chi connectivity index (χ0v) is 19.3. The van der Waals surface area contributed by atoms with Gasteiger partial charge in [-0.1, -0.05) is 72.2 Å². The Morgan fingerprint density at radius 1 is 1.10 bits per heavy atom. The Morgan fingerprint density at radius 3 is 2.38 bits per heavy atom. The van der Waals surface area contributed by atoms with Crippen LogP contribution in [-0.2, 0) is 20.4 Å². The largest absolute Gasteiger partial charge is 0.301 e. The molecule has 5 nitrogen and oxygen atoms in total. The Bertz CT molecular complexity index is 1090. The summed E-state index contributed by atoms with van der Waals surface area (Å²) in [7, 11) is -3.59. The highest BCUT2D eigenvalue weighted by molar-refractivity contribution is 9.10. The fourth-order valence-electron chi connectivity index (χ4n) is 2.82. The molecule has 2 aromatic carbocycles. The van der Waals surface area contributed by atoms with Gasteiger partial charge in [0.05, 0.1) is 11.4 Å². The van der Waals surface area contributed by atoms with Crippen LogP contribution in [-0.4, -0.2) is 25.1 Å². The number of amides is 1. The predicted molar refractivity (Wildman–Crippen MR) is 122 cm³/mol. The van der Waals surface area contributed by atoms with Crippen molar-refractivity contribution in [1.82, 2.24) is 4.98 Å². The van der Waals surface area contributed by atoms with E-state index in [4.69, 9.17) is 0 Å². The zero-order chi connectivity index (χ0) is 21.0. The summed E-state index contributed by atoms with van der Waals surface area (Å²) in [6.07, 6.45) is 0. The number of rotatable bonds is 7. The molecule has 0 saturated heterocycles. The molecule has 0 unspecified atom stereocenters. The number of carbonyl (C=O) groups is 1. The van der Waals surface area contributed by atoms with Crippen molar-refractivity contribution < 1.29 is 13.2 Å². The van der Waals surface area contributed by atoms with Crippen molar-refractivity contribution in [3.8, 4) is 11.3 Å². The molecule has 1 aromatic heterocycles. The van der Waals surface area contributed by atoms with Crippen LogP contribution in [0.5, 0.6) is 0 Å². The van der Waals surface area contributed by atoms with Gasteiger partial charge in [-0.3, -0.25) is 4.79 Å². The molecule has 0 aliphatic rings. The van der Waals surface area contributed by atoms with Crippen molar-refractivity contribution in [1.29, 1.82) is 0 Å². The minimum absolute atomic E-state index is 0.182. The molecule has 152 valence electrons. The Hall–Kier alpha value is -2.03. The molecule has 0 spiro atoms. The van der Waals surface area contributed by atoms with Crippen LogP contribution < -0.4 is 5.32 Å². The topological polar surface area (TPSA) is 76.1 Å². The van der Waals surface area contributed by atoms with Gasteiger partial charge in [-0.15, -0.1) is 11.3 Å². The van der Waals surface area contributed by atoms with Gasteiger partial charge >= 0.3 is 0 Å². The monoisotopic (exact) mass is 492 g/mol. The van der Waals surface area contributed by atoms with Gasteiger partial charge in [0.1, 0.15) is 5.75 Å². The third-order valence-electron chi connectivity index (χ3n) is 4.12. The highest BCUT2D eigenvalue weighted by atomic mass is 79.9. The van der Waals surface area contributed by atoms with Crippen molar-refractivity contribution >= 4 is 48.1 Å². The average molecular weight is 493 g/mol. The van der Waals surface area contributed by atoms with Crippen molar-refractivity contribution in [3.05, 3.63) is 69.5 Å². The molecule has 8 heteroatoms. The summed E-state index contributed by atoms with van der Waals surface area (Å²) in [5.74, 6) is -1.11. The summed E-state index contributed by atoms with van der Waals surface area (Å²) in [6, 6.07) is 16.7. The Morgan fingerprint density at radius 2 is 1.76 bits per heavy atom. The number of nitrogens with one attached hydrogen (secondary N) is 1. The number of hydrogen-bond donors (Lipinski definition) is 1. The summed E-state index contributed by atoms with van der Waals surface area (Å²) in [5, 5.41) is 3.07. The molecule has 0 radical (unpaired) electrons. The molecule has 0 atom stereocenters. The predicted octanol–water partition coefficient (Wildman–Crippen LogP) is 5.25. The Kier molecular flexibility index (Phi) is 6.87. The second kappa shape index (κ2) is 9.19. The number of anilines is 1. The average Bonchev–Trinajstić information content (AvgIpc) is 3.07. The van der Waals surface area contributed by atoms with Crippen LogP contribution in [0.4, 0.5) is 5.13 Å². The maximum Gasteiger partial charge on any atom is 0.241 e. The number of carbonyl (C=O) groups excluding carboxylic acids is 1. The first-order valence-corrected chi connectivity index (χ1v) is 12.5. The summed E-state index contributed by atoms with van der Waals surface area (Å²) in [4.78, 5) is 18.0. The van der Waals surface area contributed by atoms with Crippen LogP contribution >= 0.6 is 27.3 Å². The molecule has 0 saturated carbocycles. The van der Waals surface area contributed by atoms with Crippen LogP contribution in [0, 0.1) is 0 Å². The SMILES string of the molecule is CC(C)c1sc(NC(=O)CS(=O)(=O)Cc2ccc(Br)cc2)nc1-c1ccccc1. The lowest BCUT2D eigenvalue weighted by atomic mass is 10.1. The third-order valence-corrected chi connectivity index (χ3v) is 7.40. The number of hydrogen-bond acceptors (Lipinski definition) is 5. The van der Waals surface area contributed by atoms with Gasteiger partial charge in [0, 0.05) is 14.9 Å². The van der Waals surface area contributed by atoms with E-state index in [0.717, 1.165) is 20.6 Å². The third kappa shape index (κ3) is 5.98. The molecular formula is C21H21BrN2O3S2. The van der Waals surface area contributed by atoms with Gasteiger partial charge in [0.2, 0.25) is 5.91 Å². The van der Waals surface area contributed by atoms with E-state index < -0.39 is 21.5 Å². The lowest BCUT2D eigenvalue weighted by Gasteiger charge is -2.05. The number of aromatic nitrogens is 1. The molecule has 0 bridgehead atoms. The van der Waals surface area contributed by atoms with Crippen LogP contribution in [0.3, 0.4) is 0 Å². The van der Waals surface area contributed by atoms with E-state index in [2.05, 4.69) is 40.1 Å². The van der Waals surface area contributed by atoms with E-state index in [1.165, 1.54) is 11.3 Å². The molecule has 0 aliphatic heterocycles. The van der Waals surface area contributed by atoms with Gasteiger partial charge in [0.15, 0.2) is 15.0 Å². The summed E-state index contributed by atoms with van der Waals surface area (Å²) in [5.41, 5.74) is 2.43. The molecule has 29 heavy (non-hydrogen) atoms. The minimum Gasteiger partial charge on any atom is -0.301 e. The molecule has 3 rings (SSSR count). The molecular weight excluding hydrogens is 472 g/mol. The van der Waals surface area contributed by atoms with Crippen molar-refractivity contribution in [3.63, 3.8) is 0 Å². The first-order valence-electron chi connectivity index (χ1n) is 9.04. The Labute approximate surface area is 183 Å². The Balaban J connectivity index is 1.72. The van der Waals surface area contributed by atoms with Crippen LogP contribution in [0.15, 0.2) is 59.1 Å². The van der Waals surface area contributed by atoms with Gasteiger partial charge in [-0.25, -0.2) is 13.4 Å². The second-order valence-corrected chi connectivity index (χ2v) is 11.0. The molecule has 1 N–H and O–H groups in total. The maximum atomic E-state index is 12.4. The molecule has 0 fully saturated rings. The molecule has 1 heterocycles. The van der Waals surface area contributed by atoms with Gasteiger partial charge in [0.25, 0.3) is 0 Å². The van der Waals surface area contributed by atoms with Crippen molar-refractivity contribution in [2.24, 2.45) is 0 Å². The van der Waals surface area contributed by atoms with E-state index in [9.17, 15) is 13.2 Å².